The first-order chi connectivity index (χ1) is 12.8. The molecule has 0 radical (unpaired) electrons. The number of anilines is 1. The highest BCUT2D eigenvalue weighted by Gasteiger charge is 2.62. The van der Waals surface area contributed by atoms with Gasteiger partial charge >= 0.3 is 0 Å². The van der Waals surface area contributed by atoms with Crippen molar-refractivity contribution in [3.8, 4) is 0 Å². The molecule has 1 spiro atoms. The molecule has 2 aromatic rings. The Balaban J connectivity index is 1.58. The number of hydrogen-bond donors (Lipinski definition) is 1. The molecule has 2 heterocycles. The van der Waals surface area contributed by atoms with Gasteiger partial charge in [-0.3, -0.25) is 14.9 Å². The number of alkyl halides is 1. The molecule has 2 aliphatic rings. The summed E-state index contributed by atoms with van der Waals surface area (Å²) in [6, 6.07) is 2.85. The maximum absolute atomic E-state index is 14.6. The fourth-order valence-electron chi connectivity index (χ4n) is 3.40. The van der Waals surface area contributed by atoms with Gasteiger partial charge in [0.15, 0.2) is 0 Å². The van der Waals surface area contributed by atoms with Crippen molar-refractivity contribution >= 4 is 45.3 Å². The summed E-state index contributed by atoms with van der Waals surface area (Å²) in [6.07, 6.45) is 1.48. The van der Waals surface area contributed by atoms with Crippen molar-refractivity contribution in [2.24, 2.45) is 0 Å². The van der Waals surface area contributed by atoms with Crippen LogP contribution >= 0.6 is 27.5 Å². The van der Waals surface area contributed by atoms with Gasteiger partial charge in [0, 0.05) is 17.7 Å². The minimum Gasteiger partial charge on any atom is -0.328 e. The predicted octanol–water partition coefficient (Wildman–Crippen LogP) is 3.11. The molecule has 0 saturated heterocycles. The van der Waals surface area contributed by atoms with E-state index >= 15 is 0 Å². The molecule has 0 unspecified atom stereocenters. The van der Waals surface area contributed by atoms with Gasteiger partial charge < -0.3 is 4.90 Å². The molecule has 140 valence electrons. The van der Waals surface area contributed by atoms with Crippen molar-refractivity contribution in [1.29, 1.82) is 0 Å². The van der Waals surface area contributed by atoms with Gasteiger partial charge in [0.05, 0.1) is 27.3 Å². The molecular formula is C17H12BrClF2N4O2. The van der Waals surface area contributed by atoms with E-state index in [2.05, 4.69) is 31.2 Å². The van der Waals surface area contributed by atoms with Gasteiger partial charge in [-0.05, 0) is 34.5 Å². The van der Waals surface area contributed by atoms with Gasteiger partial charge in [-0.2, -0.15) is 0 Å². The van der Waals surface area contributed by atoms with Crippen LogP contribution in [0.4, 0.5) is 14.7 Å². The molecule has 27 heavy (non-hydrogen) atoms. The van der Waals surface area contributed by atoms with Crippen molar-refractivity contribution in [1.82, 2.24) is 14.9 Å². The Morgan fingerprint density at radius 1 is 1.41 bits per heavy atom. The SMILES string of the molecule is O=C(CN1C[C@@]2(C[C@H]2F)c2c(ccc(Br)c2F)C1=O)Nc1ncc(Cl)cn1. The average Bonchev–Trinajstić information content (AvgIpc) is 3.26. The fraction of sp³-hybridized carbons (Fsp3) is 0.294. The molecule has 1 N–H and O–H groups in total. The number of carbonyl (C=O) groups excluding carboxylic acids is 2. The average molecular weight is 458 g/mol. The van der Waals surface area contributed by atoms with E-state index in [-0.39, 0.29) is 41.1 Å². The Bertz CT molecular complexity index is 959. The second-order valence-electron chi connectivity index (χ2n) is 6.55. The lowest BCUT2D eigenvalue weighted by Crippen LogP contribution is -2.48. The van der Waals surface area contributed by atoms with Crippen molar-refractivity contribution in [3.63, 3.8) is 0 Å². The lowest BCUT2D eigenvalue weighted by molar-refractivity contribution is -0.117. The Morgan fingerprint density at radius 2 is 2.07 bits per heavy atom. The number of halogens is 4. The minimum atomic E-state index is -1.27. The lowest BCUT2D eigenvalue weighted by Gasteiger charge is -2.34. The fourth-order valence-corrected chi connectivity index (χ4v) is 3.83. The highest BCUT2D eigenvalue weighted by atomic mass is 79.9. The van der Waals surface area contributed by atoms with E-state index in [1.807, 2.05) is 0 Å². The maximum atomic E-state index is 14.6. The molecule has 1 saturated carbocycles. The van der Waals surface area contributed by atoms with E-state index in [1.165, 1.54) is 29.4 Å². The molecule has 1 aromatic carbocycles. The summed E-state index contributed by atoms with van der Waals surface area (Å²) in [4.78, 5) is 33.9. The van der Waals surface area contributed by atoms with E-state index in [0.29, 0.717) is 5.02 Å². The van der Waals surface area contributed by atoms with Crippen molar-refractivity contribution in [2.75, 3.05) is 18.4 Å². The summed E-state index contributed by atoms with van der Waals surface area (Å²) in [6.45, 7) is -0.390. The maximum Gasteiger partial charge on any atom is 0.254 e. The van der Waals surface area contributed by atoms with Crippen LogP contribution < -0.4 is 5.32 Å². The van der Waals surface area contributed by atoms with Crippen LogP contribution in [0.15, 0.2) is 29.0 Å². The number of carbonyl (C=O) groups is 2. The molecule has 10 heteroatoms. The summed E-state index contributed by atoms with van der Waals surface area (Å²) >= 11 is 8.77. The molecule has 4 rings (SSSR count). The van der Waals surface area contributed by atoms with Gasteiger partial charge in [-0.15, -0.1) is 0 Å². The smallest absolute Gasteiger partial charge is 0.254 e. The predicted molar refractivity (Wildman–Crippen MR) is 96.9 cm³/mol. The summed E-state index contributed by atoms with van der Waals surface area (Å²) in [5.74, 6) is -1.65. The second-order valence-corrected chi connectivity index (χ2v) is 7.84. The van der Waals surface area contributed by atoms with E-state index in [9.17, 15) is 18.4 Å². The van der Waals surface area contributed by atoms with E-state index in [4.69, 9.17) is 11.6 Å². The Labute approximate surface area is 166 Å². The highest BCUT2D eigenvalue weighted by Crippen LogP contribution is 2.55. The van der Waals surface area contributed by atoms with Gasteiger partial charge in [-0.1, -0.05) is 11.6 Å². The standard InChI is InChI=1S/C17H12BrClF2N4O2/c18-10-2-1-9-13(14(10)21)17(3-11(17)20)7-25(15(9)27)6-12(26)24-16-22-4-8(19)5-23-16/h1-2,4-5,11H,3,6-7H2,(H,22,23,24,26)/t11-,17-/m1/s1. The molecule has 1 aromatic heterocycles. The van der Waals surface area contributed by atoms with Gasteiger partial charge in [0.1, 0.15) is 18.5 Å². The van der Waals surface area contributed by atoms with Crippen LogP contribution in [-0.4, -0.2) is 45.9 Å². The highest BCUT2D eigenvalue weighted by molar-refractivity contribution is 9.10. The van der Waals surface area contributed by atoms with Crippen molar-refractivity contribution in [3.05, 3.63) is 51.0 Å². The number of rotatable bonds is 3. The monoisotopic (exact) mass is 456 g/mol. The minimum absolute atomic E-state index is 0.0359. The van der Waals surface area contributed by atoms with Gasteiger partial charge in [-0.25, -0.2) is 18.7 Å². The van der Waals surface area contributed by atoms with Crippen LogP contribution in [0.5, 0.6) is 0 Å². The van der Waals surface area contributed by atoms with Crippen molar-refractivity contribution in [2.45, 2.75) is 18.0 Å². The first-order valence-corrected chi connectivity index (χ1v) is 9.18. The zero-order valence-electron chi connectivity index (χ0n) is 13.7. The first kappa shape index (κ1) is 18.2. The summed E-state index contributed by atoms with van der Waals surface area (Å²) in [5.41, 5.74) is -0.932. The quantitative estimate of drug-likeness (QED) is 0.769. The number of benzene rings is 1. The lowest BCUT2D eigenvalue weighted by atomic mass is 9.85. The molecule has 1 fully saturated rings. The van der Waals surface area contributed by atoms with Crippen LogP contribution in [0.25, 0.3) is 0 Å². The number of hydrogen-bond acceptors (Lipinski definition) is 4. The number of nitrogens with one attached hydrogen (secondary N) is 1. The Kier molecular flexibility index (Phi) is 4.38. The third-order valence-corrected chi connectivity index (χ3v) is 5.58. The zero-order valence-corrected chi connectivity index (χ0v) is 16.0. The summed E-state index contributed by atoms with van der Waals surface area (Å²) in [5, 5.41) is 2.76. The summed E-state index contributed by atoms with van der Waals surface area (Å²) in [7, 11) is 0. The number of amides is 2. The van der Waals surface area contributed by atoms with Crippen LogP contribution in [-0.2, 0) is 10.2 Å². The molecule has 0 bridgehead atoms. The zero-order chi connectivity index (χ0) is 19.3. The molecule has 2 atom stereocenters. The molecule has 6 nitrogen and oxygen atoms in total. The van der Waals surface area contributed by atoms with Gasteiger partial charge in [0.25, 0.3) is 5.91 Å². The molecule has 1 aliphatic carbocycles. The first-order valence-electron chi connectivity index (χ1n) is 8.01. The van der Waals surface area contributed by atoms with Crippen molar-refractivity contribution < 1.29 is 18.4 Å². The number of aromatic nitrogens is 2. The second kappa shape index (κ2) is 6.49. The topological polar surface area (TPSA) is 75.2 Å². The Hall–Kier alpha value is -2.13. The third-order valence-electron chi connectivity index (χ3n) is 4.77. The van der Waals surface area contributed by atoms with Crippen LogP contribution in [0.3, 0.4) is 0 Å². The van der Waals surface area contributed by atoms with Crippen LogP contribution in [0.1, 0.15) is 22.3 Å². The summed E-state index contributed by atoms with van der Waals surface area (Å²) < 4.78 is 29.0. The molecule has 1 aliphatic heterocycles. The molecule has 2 amide bonds. The number of nitrogens with zero attached hydrogens (tertiary/aromatic N) is 3. The van der Waals surface area contributed by atoms with E-state index in [1.54, 1.807) is 0 Å². The van der Waals surface area contributed by atoms with E-state index in [0.717, 1.165) is 0 Å². The van der Waals surface area contributed by atoms with Gasteiger partial charge in [0.2, 0.25) is 11.9 Å². The Morgan fingerprint density at radius 3 is 2.70 bits per heavy atom. The normalized spacial score (nSPS) is 23.3. The van der Waals surface area contributed by atoms with E-state index < -0.39 is 29.2 Å². The van der Waals surface area contributed by atoms with Crippen LogP contribution in [0, 0.1) is 5.82 Å². The molecular weight excluding hydrogens is 446 g/mol. The third kappa shape index (κ3) is 3.08. The largest absolute Gasteiger partial charge is 0.328 e. The number of fused-ring (bicyclic) bond motifs is 2. The van der Waals surface area contributed by atoms with Crippen LogP contribution in [0.2, 0.25) is 5.02 Å².